The van der Waals surface area contributed by atoms with Gasteiger partial charge in [0.15, 0.2) is 5.16 Å². The molecule has 1 fully saturated rings. The van der Waals surface area contributed by atoms with Crippen molar-refractivity contribution in [2.75, 3.05) is 12.3 Å². The summed E-state index contributed by atoms with van der Waals surface area (Å²) in [5, 5.41) is 3.77. The molecule has 4 nitrogen and oxygen atoms in total. The van der Waals surface area contributed by atoms with Crippen LogP contribution in [0, 0.1) is 0 Å². The van der Waals surface area contributed by atoms with E-state index in [0.29, 0.717) is 18.3 Å². The number of benzene rings is 1. The minimum atomic E-state index is 0.0640. The van der Waals surface area contributed by atoms with Gasteiger partial charge in [-0.3, -0.25) is 4.79 Å². The number of amides is 1. The SMILES string of the molecule is CCNC(=O)CSc1ncc(-c2ccccc2)n1C1CC1. The molecule has 0 atom stereocenters. The molecule has 0 bridgehead atoms. The summed E-state index contributed by atoms with van der Waals surface area (Å²) in [6.07, 6.45) is 4.32. The van der Waals surface area contributed by atoms with Gasteiger partial charge in [0.05, 0.1) is 17.6 Å². The standard InChI is InChI=1S/C16H19N3OS/c1-2-17-15(20)11-21-16-18-10-14(19(16)13-8-9-13)12-6-4-3-5-7-12/h3-7,10,13H,2,8-9,11H2,1H3,(H,17,20). The molecule has 5 heteroatoms. The first-order chi connectivity index (χ1) is 10.3. The van der Waals surface area contributed by atoms with Crippen molar-refractivity contribution in [1.29, 1.82) is 0 Å². The smallest absolute Gasteiger partial charge is 0.230 e. The maximum atomic E-state index is 11.6. The summed E-state index contributed by atoms with van der Waals surface area (Å²) in [7, 11) is 0. The van der Waals surface area contributed by atoms with Crippen LogP contribution in [0.3, 0.4) is 0 Å². The monoisotopic (exact) mass is 301 g/mol. The van der Waals surface area contributed by atoms with Gasteiger partial charge in [0, 0.05) is 12.6 Å². The predicted molar refractivity (Wildman–Crippen MR) is 85.3 cm³/mol. The predicted octanol–water partition coefficient (Wildman–Crippen LogP) is 3.11. The Bertz CT molecular complexity index is 620. The van der Waals surface area contributed by atoms with Crippen LogP contribution in [0.5, 0.6) is 0 Å². The van der Waals surface area contributed by atoms with Crippen molar-refractivity contribution in [2.45, 2.75) is 31.0 Å². The summed E-state index contributed by atoms with van der Waals surface area (Å²) in [5.41, 5.74) is 2.33. The molecular formula is C16H19N3OS. The number of rotatable bonds is 6. The van der Waals surface area contributed by atoms with Gasteiger partial charge in [0.25, 0.3) is 0 Å². The molecule has 0 radical (unpaired) electrons. The number of nitrogens with zero attached hydrogens (tertiary/aromatic N) is 2. The van der Waals surface area contributed by atoms with Crippen molar-refractivity contribution in [2.24, 2.45) is 0 Å². The summed E-state index contributed by atoms with van der Waals surface area (Å²) in [6, 6.07) is 10.9. The molecule has 1 aromatic heterocycles. The summed E-state index contributed by atoms with van der Waals surface area (Å²) in [4.78, 5) is 16.2. The maximum Gasteiger partial charge on any atom is 0.230 e. The van der Waals surface area contributed by atoms with Crippen LogP contribution >= 0.6 is 11.8 Å². The van der Waals surface area contributed by atoms with Crippen LogP contribution in [-0.2, 0) is 4.79 Å². The lowest BCUT2D eigenvalue weighted by Gasteiger charge is -2.10. The minimum absolute atomic E-state index is 0.0640. The molecule has 2 aromatic rings. The highest BCUT2D eigenvalue weighted by atomic mass is 32.2. The van der Waals surface area contributed by atoms with Crippen molar-refractivity contribution in [3.05, 3.63) is 36.5 Å². The lowest BCUT2D eigenvalue weighted by atomic mass is 10.2. The van der Waals surface area contributed by atoms with E-state index in [2.05, 4.69) is 27.0 Å². The van der Waals surface area contributed by atoms with E-state index in [0.717, 1.165) is 10.9 Å². The molecule has 1 aliphatic rings. The number of aromatic nitrogens is 2. The molecule has 0 saturated heterocycles. The number of hydrogen-bond acceptors (Lipinski definition) is 3. The average molecular weight is 301 g/mol. The van der Waals surface area contributed by atoms with E-state index in [1.807, 2.05) is 31.3 Å². The van der Waals surface area contributed by atoms with Gasteiger partial charge in [-0.2, -0.15) is 0 Å². The molecule has 3 rings (SSSR count). The van der Waals surface area contributed by atoms with Gasteiger partial charge in [0.2, 0.25) is 5.91 Å². The molecule has 1 heterocycles. The number of carbonyl (C=O) groups excluding carboxylic acids is 1. The van der Waals surface area contributed by atoms with Crippen LogP contribution in [0.1, 0.15) is 25.8 Å². The van der Waals surface area contributed by atoms with E-state index in [1.165, 1.54) is 30.2 Å². The lowest BCUT2D eigenvalue weighted by Crippen LogP contribution is -2.24. The number of imidazole rings is 1. The zero-order valence-corrected chi connectivity index (χ0v) is 12.9. The van der Waals surface area contributed by atoms with E-state index in [4.69, 9.17) is 0 Å². The summed E-state index contributed by atoms with van der Waals surface area (Å²) < 4.78 is 2.29. The summed E-state index contributed by atoms with van der Waals surface area (Å²) >= 11 is 1.52. The number of hydrogen-bond donors (Lipinski definition) is 1. The van der Waals surface area contributed by atoms with E-state index < -0.39 is 0 Å². The van der Waals surface area contributed by atoms with Crippen LogP contribution in [0.25, 0.3) is 11.3 Å². The Hall–Kier alpha value is -1.75. The Kier molecular flexibility index (Phi) is 4.29. The zero-order chi connectivity index (χ0) is 14.7. The van der Waals surface area contributed by atoms with Crippen LogP contribution < -0.4 is 5.32 Å². The normalized spacial score (nSPS) is 14.1. The minimum Gasteiger partial charge on any atom is -0.356 e. The molecular weight excluding hydrogens is 282 g/mol. The Morgan fingerprint density at radius 2 is 2.14 bits per heavy atom. The molecule has 1 amide bonds. The van der Waals surface area contributed by atoms with Gasteiger partial charge >= 0.3 is 0 Å². The van der Waals surface area contributed by atoms with Crippen LogP contribution in [-0.4, -0.2) is 27.8 Å². The van der Waals surface area contributed by atoms with E-state index in [-0.39, 0.29) is 5.91 Å². The number of carbonyl (C=O) groups is 1. The Balaban J connectivity index is 1.82. The van der Waals surface area contributed by atoms with E-state index in [9.17, 15) is 4.79 Å². The largest absolute Gasteiger partial charge is 0.356 e. The van der Waals surface area contributed by atoms with Gasteiger partial charge < -0.3 is 9.88 Å². The molecule has 1 aliphatic carbocycles. The second-order valence-electron chi connectivity index (χ2n) is 5.14. The summed E-state index contributed by atoms with van der Waals surface area (Å²) in [6.45, 7) is 2.60. The maximum absolute atomic E-state index is 11.6. The second-order valence-corrected chi connectivity index (χ2v) is 6.08. The molecule has 1 aromatic carbocycles. The van der Waals surface area contributed by atoms with Gasteiger partial charge in [-0.1, -0.05) is 42.1 Å². The molecule has 0 spiro atoms. The van der Waals surface area contributed by atoms with E-state index >= 15 is 0 Å². The highest BCUT2D eigenvalue weighted by molar-refractivity contribution is 7.99. The first kappa shape index (κ1) is 14.2. The van der Waals surface area contributed by atoms with E-state index in [1.54, 1.807) is 0 Å². The third-order valence-electron chi connectivity index (χ3n) is 3.45. The first-order valence-corrected chi connectivity index (χ1v) is 8.30. The quantitative estimate of drug-likeness (QED) is 0.834. The molecule has 1 N–H and O–H groups in total. The van der Waals surface area contributed by atoms with Gasteiger partial charge in [0.1, 0.15) is 0 Å². The molecule has 110 valence electrons. The first-order valence-electron chi connectivity index (χ1n) is 7.31. The highest BCUT2D eigenvalue weighted by Crippen LogP contribution is 2.41. The zero-order valence-electron chi connectivity index (χ0n) is 12.1. The fourth-order valence-corrected chi connectivity index (χ4v) is 3.21. The topological polar surface area (TPSA) is 46.9 Å². The summed E-state index contributed by atoms with van der Waals surface area (Å²) in [5.74, 6) is 0.486. The Morgan fingerprint density at radius 1 is 1.38 bits per heavy atom. The van der Waals surface area contributed by atoms with Crippen molar-refractivity contribution in [3.8, 4) is 11.3 Å². The van der Waals surface area contributed by atoms with Gasteiger partial charge in [-0.15, -0.1) is 0 Å². The second kappa shape index (κ2) is 6.35. The Labute approximate surface area is 129 Å². The van der Waals surface area contributed by atoms with Crippen molar-refractivity contribution in [3.63, 3.8) is 0 Å². The molecule has 21 heavy (non-hydrogen) atoms. The van der Waals surface area contributed by atoms with Gasteiger partial charge in [-0.05, 0) is 25.3 Å². The molecule has 0 aliphatic heterocycles. The lowest BCUT2D eigenvalue weighted by molar-refractivity contribution is -0.118. The van der Waals surface area contributed by atoms with Crippen LogP contribution in [0.2, 0.25) is 0 Å². The number of thioether (sulfide) groups is 1. The van der Waals surface area contributed by atoms with Crippen LogP contribution in [0.15, 0.2) is 41.7 Å². The molecule has 1 saturated carbocycles. The third-order valence-corrected chi connectivity index (χ3v) is 4.42. The average Bonchev–Trinajstić information content (AvgIpc) is 3.26. The van der Waals surface area contributed by atoms with Crippen LogP contribution in [0.4, 0.5) is 0 Å². The van der Waals surface area contributed by atoms with Gasteiger partial charge in [-0.25, -0.2) is 4.98 Å². The third kappa shape index (κ3) is 3.29. The highest BCUT2D eigenvalue weighted by Gasteiger charge is 2.29. The fourth-order valence-electron chi connectivity index (χ4n) is 2.34. The Morgan fingerprint density at radius 3 is 2.81 bits per heavy atom. The molecule has 0 unspecified atom stereocenters. The fraction of sp³-hybridized carbons (Fsp3) is 0.375. The number of nitrogens with one attached hydrogen (secondary N) is 1. The van der Waals surface area contributed by atoms with Crippen molar-refractivity contribution < 1.29 is 4.79 Å². The van der Waals surface area contributed by atoms with Crippen molar-refractivity contribution in [1.82, 2.24) is 14.9 Å². The van der Waals surface area contributed by atoms with Crippen molar-refractivity contribution >= 4 is 17.7 Å².